The van der Waals surface area contributed by atoms with Crippen molar-refractivity contribution in [1.82, 2.24) is 10.4 Å². The van der Waals surface area contributed by atoms with Crippen molar-refractivity contribution in [3.63, 3.8) is 0 Å². The molecule has 0 unspecified atom stereocenters. The third kappa shape index (κ3) is 4.69. The summed E-state index contributed by atoms with van der Waals surface area (Å²) in [6, 6.07) is 15.9. The number of urea groups is 1. The fourth-order valence-corrected chi connectivity index (χ4v) is 4.00. The maximum absolute atomic E-state index is 12.7. The number of hydrogen-bond donors (Lipinski definition) is 2. The number of ether oxygens (including phenoxy) is 1. The number of methoxy groups -OCH3 is 1. The minimum atomic E-state index is -0.385. The second-order valence-electron chi connectivity index (χ2n) is 9.30. The molecule has 2 aliphatic rings. The third-order valence-electron chi connectivity index (χ3n) is 6.05. The summed E-state index contributed by atoms with van der Waals surface area (Å²) in [4.78, 5) is 20.6. The van der Waals surface area contributed by atoms with Gasteiger partial charge >= 0.3 is 6.03 Å². The molecule has 0 saturated carbocycles. The smallest absolute Gasteiger partial charge is 0.321 e. The van der Waals surface area contributed by atoms with E-state index in [1.54, 1.807) is 7.11 Å². The number of anilines is 1. The summed E-state index contributed by atoms with van der Waals surface area (Å²) in [5.74, 6) is 0.808. The summed E-state index contributed by atoms with van der Waals surface area (Å²) in [7, 11) is 1.66. The monoisotopic (exact) mass is 421 g/mol. The molecule has 0 radical (unpaired) electrons. The van der Waals surface area contributed by atoms with E-state index in [1.807, 2.05) is 41.3 Å². The average molecular weight is 422 g/mol. The van der Waals surface area contributed by atoms with Gasteiger partial charge in [-0.2, -0.15) is 0 Å². The van der Waals surface area contributed by atoms with Gasteiger partial charge in [0.05, 0.1) is 12.8 Å². The van der Waals surface area contributed by atoms with E-state index in [2.05, 4.69) is 49.8 Å². The molecule has 1 fully saturated rings. The van der Waals surface area contributed by atoms with E-state index in [9.17, 15) is 4.79 Å². The van der Waals surface area contributed by atoms with Crippen molar-refractivity contribution in [2.75, 3.05) is 25.5 Å². The Balaban J connectivity index is 1.36. The van der Waals surface area contributed by atoms with E-state index in [-0.39, 0.29) is 17.0 Å². The van der Waals surface area contributed by atoms with Crippen LogP contribution in [0.4, 0.5) is 10.5 Å². The molecule has 2 aromatic carbocycles. The Morgan fingerprint density at radius 2 is 1.84 bits per heavy atom. The lowest BCUT2D eigenvalue weighted by Crippen LogP contribution is -2.48. The minimum Gasteiger partial charge on any atom is -0.497 e. The van der Waals surface area contributed by atoms with Gasteiger partial charge in [-0.3, -0.25) is 10.3 Å². The Bertz CT molecular complexity index is 968. The zero-order chi connectivity index (χ0) is 22.1. The molecule has 0 aromatic heterocycles. The molecular weight excluding hydrogens is 390 g/mol. The summed E-state index contributed by atoms with van der Waals surface area (Å²) in [5.41, 5.74) is 6.81. The highest BCUT2D eigenvalue weighted by atomic mass is 16.7. The second-order valence-corrected chi connectivity index (χ2v) is 9.30. The van der Waals surface area contributed by atoms with Gasteiger partial charge in [-0.25, -0.2) is 4.79 Å². The van der Waals surface area contributed by atoms with Gasteiger partial charge < -0.3 is 15.0 Å². The van der Waals surface area contributed by atoms with Gasteiger partial charge in [-0.05, 0) is 41.3 Å². The molecule has 2 amide bonds. The first-order valence-corrected chi connectivity index (χ1v) is 10.8. The first-order chi connectivity index (χ1) is 14.8. The lowest BCUT2D eigenvalue weighted by molar-refractivity contribution is -0.0634. The molecule has 1 spiro atoms. The number of carbonyl (C=O) groups excluding carboxylic acids is 1. The largest absolute Gasteiger partial charge is 0.497 e. The van der Waals surface area contributed by atoms with Crippen LogP contribution in [0.1, 0.15) is 44.7 Å². The fourth-order valence-electron chi connectivity index (χ4n) is 4.00. The number of rotatable bonds is 3. The van der Waals surface area contributed by atoms with Crippen molar-refractivity contribution in [2.45, 2.75) is 44.6 Å². The molecule has 2 N–H and O–H groups in total. The lowest BCUT2D eigenvalue weighted by Gasteiger charge is -2.36. The number of nitrogens with one attached hydrogen (secondary N) is 2. The van der Waals surface area contributed by atoms with Crippen LogP contribution in [0.3, 0.4) is 0 Å². The maximum atomic E-state index is 12.7. The SMILES string of the molecule is COc1cccc(C2=CC3(CCN(C(=O)Nc4ccc(C(C)(C)C)cc4)CC3)ON2)c1. The fraction of sp³-hybridized carbons (Fsp3) is 0.400. The van der Waals surface area contributed by atoms with Crippen LogP contribution in [0.15, 0.2) is 54.6 Å². The Kier molecular flexibility index (Phi) is 5.67. The zero-order valence-electron chi connectivity index (χ0n) is 18.7. The predicted molar refractivity (Wildman–Crippen MR) is 123 cm³/mol. The number of likely N-dealkylation sites (tertiary alicyclic amines) is 1. The molecular formula is C25H31N3O3. The Labute approximate surface area is 184 Å². The molecule has 0 aliphatic carbocycles. The third-order valence-corrected chi connectivity index (χ3v) is 6.05. The highest BCUT2D eigenvalue weighted by molar-refractivity contribution is 5.89. The van der Waals surface area contributed by atoms with E-state index in [4.69, 9.17) is 9.57 Å². The molecule has 4 rings (SSSR count). The first-order valence-electron chi connectivity index (χ1n) is 10.8. The lowest BCUT2D eigenvalue weighted by atomic mass is 9.87. The Morgan fingerprint density at radius 1 is 1.13 bits per heavy atom. The molecule has 0 bridgehead atoms. The molecule has 31 heavy (non-hydrogen) atoms. The average Bonchev–Trinajstić information content (AvgIpc) is 3.17. The van der Waals surface area contributed by atoms with Crippen LogP contribution in [-0.4, -0.2) is 36.7 Å². The summed E-state index contributed by atoms with van der Waals surface area (Å²) in [6.07, 6.45) is 3.62. The van der Waals surface area contributed by atoms with Gasteiger partial charge in [-0.1, -0.05) is 45.0 Å². The van der Waals surface area contributed by atoms with Gasteiger partial charge in [0.25, 0.3) is 0 Å². The van der Waals surface area contributed by atoms with Crippen LogP contribution < -0.4 is 15.5 Å². The molecule has 164 valence electrons. The van der Waals surface area contributed by atoms with Crippen LogP contribution in [-0.2, 0) is 10.3 Å². The standard InChI is InChI=1S/C25H31N3O3/c1-24(2,3)19-8-10-20(11-9-19)26-23(29)28-14-12-25(13-15-28)17-22(27-31-25)18-6-5-7-21(16-18)30-4/h5-11,16-17,27H,12-15H2,1-4H3,(H,26,29). The van der Waals surface area contributed by atoms with Crippen molar-refractivity contribution in [2.24, 2.45) is 0 Å². The normalized spacial score (nSPS) is 17.8. The zero-order valence-corrected chi connectivity index (χ0v) is 18.7. The number of piperidine rings is 1. The van der Waals surface area contributed by atoms with Crippen molar-refractivity contribution in [3.8, 4) is 5.75 Å². The molecule has 6 nitrogen and oxygen atoms in total. The van der Waals surface area contributed by atoms with Gasteiger partial charge in [0, 0.05) is 37.2 Å². The summed E-state index contributed by atoms with van der Waals surface area (Å²) in [6.45, 7) is 7.81. The number of hydroxylamine groups is 1. The number of carbonyl (C=O) groups is 1. The molecule has 2 aromatic rings. The number of amides is 2. The van der Waals surface area contributed by atoms with Gasteiger partial charge in [0.1, 0.15) is 11.4 Å². The van der Waals surface area contributed by atoms with Crippen molar-refractivity contribution >= 4 is 17.4 Å². The van der Waals surface area contributed by atoms with E-state index in [1.165, 1.54) is 5.56 Å². The minimum absolute atomic E-state index is 0.0682. The van der Waals surface area contributed by atoms with E-state index < -0.39 is 0 Å². The van der Waals surface area contributed by atoms with Crippen LogP contribution >= 0.6 is 0 Å². The molecule has 0 atom stereocenters. The topological polar surface area (TPSA) is 62.8 Å². The number of hydrogen-bond acceptors (Lipinski definition) is 4. The quantitative estimate of drug-likeness (QED) is 0.737. The maximum Gasteiger partial charge on any atom is 0.321 e. The summed E-state index contributed by atoms with van der Waals surface area (Å²) >= 11 is 0. The van der Waals surface area contributed by atoms with E-state index in [0.717, 1.165) is 35.5 Å². The van der Waals surface area contributed by atoms with Crippen LogP contribution in [0.25, 0.3) is 5.70 Å². The number of benzene rings is 2. The highest BCUT2D eigenvalue weighted by Crippen LogP contribution is 2.35. The summed E-state index contributed by atoms with van der Waals surface area (Å²) < 4.78 is 5.32. The van der Waals surface area contributed by atoms with E-state index >= 15 is 0 Å². The highest BCUT2D eigenvalue weighted by Gasteiger charge is 2.40. The van der Waals surface area contributed by atoms with Crippen LogP contribution in [0.5, 0.6) is 5.75 Å². The Hall–Kier alpha value is -2.99. The molecule has 2 aliphatic heterocycles. The van der Waals surface area contributed by atoms with Gasteiger partial charge in [0.15, 0.2) is 0 Å². The van der Waals surface area contributed by atoms with Crippen molar-refractivity contribution in [1.29, 1.82) is 0 Å². The van der Waals surface area contributed by atoms with E-state index in [0.29, 0.717) is 13.1 Å². The number of nitrogens with zero attached hydrogens (tertiary/aromatic N) is 1. The molecule has 6 heteroatoms. The Morgan fingerprint density at radius 3 is 2.48 bits per heavy atom. The van der Waals surface area contributed by atoms with Crippen molar-refractivity contribution in [3.05, 3.63) is 65.7 Å². The van der Waals surface area contributed by atoms with Gasteiger partial charge in [-0.15, -0.1) is 0 Å². The van der Waals surface area contributed by atoms with Crippen LogP contribution in [0.2, 0.25) is 0 Å². The van der Waals surface area contributed by atoms with Crippen molar-refractivity contribution < 1.29 is 14.4 Å². The predicted octanol–water partition coefficient (Wildman–Crippen LogP) is 4.94. The van der Waals surface area contributed by atoms with Crippen LogP contribution in [0, 0.1) is 0 Å². The molecule has 2 heterocycles. The summed E-state index contributed by atoms with van der Waals surface area (Å²) in [5, 5.41) is 3.02. The van der Waals surface area contributed by atoms with Gasteiger partial charge in [0.2, 0.25) is 0 Å². The molecule has 1 saturated heterocycles. The second kappa shape index (κ2) is 8.27. The first kappa shape index (κ1) is 21.2.